The van der Waals surface area contributed by atoms with E-state index in [1.807, 2.05) is 35.8 Å². The fourth-order valence-electron chi connectivity index (χ4n) is 3.14. The summed E-state index contributed by atoms with van der Waals surface area (Å²) in [6.07, 6.45) is 1.29. The number of carbonyl (C=O) groups excluding carboxylic acids is 1. The minimum Gasteiger partial charge on any atom is -0.480 e. The molecule has 3 rings (SSSR count). The number of halogens is 1. The smallest absolute Gasteiger partial charge is 0.326 e. The van der Waals surface area contributed by atoms with Crippen LogP contribution in [-0.4, -0.2) is 39.0 Å². The fraction of sp³-hybridized carbons (Fsp3) is 0.375. The maximum atomic E-state index is 12.6. The van der Waals surface area contributed by atoms with E-state index in [4.69, 9.17) is 0 Å². The molecule has 6 heteroatoms. The van der Waals surface area contributed by atoms with Gasteiger partial charge in [0.25, 0.3) is 0 Å². The lowest BCUT2D eigenvalue weighted by atomic mass is 10.2. The Bertz CT molecular complexity index is 753. The predicted molar refractivity (Wildman–Crippen MR) is 86.7 cm³/mol. The van der Waals surface area contributed by atoms with Crippen molar-refractivity contribution in [1.29, 1.82) is 0 Å². The van der Waals surface area contributed by atoms with Gasteiger partial charge in [0.15, 0.2) is 0 Å². The summed E-state index contributed by atoms with van der Waals surface area (Å²) in [7, 11) is 0. The number of carboxylic acids is 1. The van der Waals surface area contributed by atoms with E-state index in [9.17, 15) is 14.7 Å². The second-order valence-corrected chi connectivity index (χ2v) is 6.38. The third-order valence-electron chi connectivity index (χ3n) is 4.31. The van der Waals surface area contributed by atoms with E-state index >= 15 is 0 Å². The molecule has 116 valence electrons. The van der Waals surface area contributed by atoms with Crippen LogP contribution in [0.15, 0.2) is 28.7 Å². The Kier molecular flexibility index (Phi) is 3.95. The van der Waals surface area contributed by atoms with Gasteiger partial charge in [-0.3, -0.25) is 4.79 Å². The number of para-hydroxylation sites is 1. The fourth-order valence-corrected chi connectivity index (χ4v) is 3.69. The van der Waals surface area contributed by atoms with Crippen molar-refractivity contribution in [3.63, 3.8) is 0 Å². The molecule has 1 amide bonds. The first-order chi connectivity index (χ1) is 10.5. The van der Waals surface area contributed by atoms with Crippen molar-refractivity contribution in [2.24, 2.45) is 0 Å². The highest BCUT2D eigenvalue weighted by Crippen LogP contribution is 2.30. The first kappa shape index (κ1) is 15.1. The minimum atomic E-state index is -0.916. The van der Waals surface area contributed by atoms with Crippen LogP contribution in [0.25, 0.3) is 10.9 Å². The Morgan fingerprint density at radius 1 is 1.36 bits per heavy atom. The summed E-state index contributed by atoms with van der Waals surface area (Å²) < 4.78 is 2.92. The molecule has 0 radical (unpaired) electrons. The van der Waals surface area contributed by atoms with Crippen LogP contribution in [-0.2, 0) is 16.1 Å². The molecule has 0 spiro atoms. The first-order valence-electron chi connectivity index (χ1n) is 7.26. The van der Waals surface area contributed by atoms with Gasteiger partial charge >= 0.3 is 5.97 Å². The standard InChI is InChI=1S/C16H17BrN2O3/c1-10-15(17)11-5-2-3-6-12(11)19(10)9-14(20)18-8-4-7-13(18)16(21)22/h2-3,5-6,13H,4,7-9H2,1H3,(H,21,22). The molecule has 2 aromatic rings. The molecule has 1 atom stereocenters. The molecule has 1 fully saturated rings. The van der Waals surface area contributed by atoms with Gasteiger partial charge in [-0.25, -0.2) is 4.79 Å². The lowest BCUT2D eigenvalue weighted by Crippen LogP contribution is -2.42. The van der Waals surface area contributed by atoms with Crippen molar-refractivity contribution in [3.05, 3.63) is 34.4 Å². The SMILES string of the molecule is Cc1c(Br)c2ccccc2n1CC(=O)N1CCCC1C(=O)O. The number of carboxylic acid groups (broad SMARTS) is 1. The zero-order valence-electron chi connectivity index (χ0n) is 12.3. The molecule has 1 aromatic heterocycles. The molecule has 1 N–H and O–H groups in total. The van der Waals surface area contributed by atoms with E-state index in [1.165, 1.54) is 4.90 Å². The van der Waals surface area contributed by atoms with Crippen molar-refractivity contribution in [3.8, 4) is 0 Å². The van der Waals surface area contributed by atoms with Crippen LogP contribution in [0.3, 0.4) is 0 Å². The summed E-state index contributed by atoms with van der Waals surface area (Å²) in [5, 5.41) is 10.3. The number of carbonyl (C=O) groups is 2. The predicted octanol–water partition coefficient (Wildman–Crippen LogP) is 2.79. The van der Waals surface area contributed by atoms with Crippen molar-refractivity contribution in [1.82, 2.24) is 9.47 Å². The number of hydrogen-bond acceptors (Lipinski definition) is 2. The largest absolute Gasteiger partial charge is 0.480 e. The summed E-state index contributed by atoms with van der Waals surface area (Å²) >= 11 is 3.57. The summed E-state index contributed by atoms with van der Waals surface area (Å²) in [6.45, 7) is 2.65. The van der Waals surface area contributed by atoms with E-state index in [-0.39, 0.29) is 12.5 Å². The molecule has 22 heavy (non-hydrogen) atoms. The van der Waals surface area contributed by atoms with Crippen LogP contribution >= 0.6 is 15.9 Å². The van der Waals surface area contributed by atoms with E-state index in [0.717, 1.165) is 27.5 Å². The average Bonchev–Trinajstić information content (AvgIpc) is 3.08. The van der Waals surface area contributed by atoms with Crippen LogP contribution in [0.4, 0.5) is 0 Å². The van der Waals surface area contributed by atoms with Gasteiger partial charge in [-0.2, -0.15) is 0 Å². The molecule has 2 heterocycles. The van der Waals surface area contributed by atoms with Gasteiger partial charge < -0.3 is 14.6 Å². The molecule has 5 nitrogen and oxygen atoms in total. The highest BCUT2D eigenvalue weighted by molar-refractivity contribution is 9.10. The second kappa shape index (κ2) is 5.76. The van der Waals surface area contributed by atoms with E-state index < -0.39 is 12.0 Å². The van der Waals surface area contributed by atoms with Gasteiger partial charge in [-0.15, -0.1) is 0 Å². The van der Waals surface area contributed by atoms with Gasteiger partial charge in [0.05, 0.1) is 0 Å². The highest BCUT2D eigenvalue weighted by Gasteiger charge is 2.34. The molecule has 1 saturated heterocycles. The summed E-state index contributed by atoms with van der Waals surface area (Å²) in [4.78, 5) is 25.3. The Balaban J connectivity index is 1.92. The number of likely N-dealkylation sites (tertiary alicyclic amines) is 1. The Morgan fingerprint density at radius 2 is 2.09 bits per heavy atom. The molecular formula is C16H17BrN2O3. The maximum absolute atomic E-state index is 12.6. The van der Waals surface area contributed by atoms with Crippen LogP contribution in [0.1, 0.15) is 18.5 Å². The number of aromatic nitrogens is 1. The minimum absolute atomic E-state index is 0.138. The number of amides is 1. The number of aliphatic carboxylic acids is 1. The number of fused-ring (bicyclic) bond motifs is 1. The first-order valence-corrected chi connectivity index (χ1v) is 8.05. The summed E-state index contributed by atoms with van der Waals surface area (Å²) in [5.41, 5.74) is 1.95. The van der Waals surface area contributed by atoms with Crippen molar-refractivity contribution < 1.29 is 14.7 Å². The molecule has 0 saturated carbocycles. The molecule has 0 aliphatic carbocycles. The average molecular weight is 365 g/mol. The van der Waals surface area contributed by atoms with Crippen LogP contribution in [0, 0.1) is 6.92 Å². The van der Waals surface area contributed by atoms with Crippen LogP contribution in [0.5, 0.6) is 0 Å². The van der Waals surface area contributed by atoms with E-state index in [2.05, 4.69) is 15.9 Å². The van der Waals surface area contributed by atoms with Crippen molar-refractivity contribution in [2.75, 3.05) is 6.54 Å². The van der Waals surface area contributed by atoms with Gasteiger partial charge in [-0.1, -0.05) is 18.2 Å². The normalized spacial score (nSPS) is 18.1. The van der Waals surface area contributed by atoms with E-state index in [1.54, 1.807) is 0 Å². The molecule has 1 aliphatic rings. The third kappa shape index (κ3) is 2.41. The van der Waals surface area contributed by atoms with Gasteiger partial charge in [0.1, 0.15) is 12.6 Å². The number of benzene rings is 1. The molecule has 0 bridgehead atoms. The molecule has 1 unspecified atom stereocenters. The number of hydrogen-bond donors (Lipinski definition) is 1. The van der Waals surface area contributed by atoms with Crippen LogP contribution < -0.4 is 0 Å². The summed E-state index contributed by atoms with van der Waals surface area (Å²) in [5.74, 6) is -1.05. The topological polar surface area (TPSA) is 62.5 Å². The second-order valence-electron chi connectivity index (χ2n) is 5.59. The van der Waals surface area contributed by atoms with E-state index in [0.29, 0.717) is 13.0 Å². The third-order valence-corrected chi connectivity index (χ3v) is 5.31. The van der Waals surface area contributed by atoms with Crippen molar-refractivity contribution >= 4 is 38.7 Å². The summed E-state index contributed by atoms with van der Waals surface area (Å²) in [6, 6.07) is 7.19. The van der Waals surface area contributed by atoms with Crippen molar-refractivity contribution in [2.45, 2.75) is 32.4 Å². The molecular weight excluding hydrogens is 348 g/mol. The highest BCUT2D eigenvalue weighted by atomic mass is 79.9. The number of rotatable bonds is 3. The Morgan fingerprint density at radius 3 is 2.82 bits per heavy atom. The lowest BCUT2D eigenvalue weighted by Gasteiger charge is -2.22. The zero-order valence-corrected chi connectivity index (χ0v) is 13.8. The lowest BCUT2D eigenvalue weighted by molar-refractivity contribution is -0.148. The Hall–Kier alpha value is -1.82. The number of nitrogens with zero attached hydrogens (tertiary/aromatic N) is 2. The van der Waals surface area contributed by atoms with Gasteiger partial charge in [-0.05, 0) is 41.8 Å². The quantitative estimate of drug-likeness (QED) is 0.910. The Labute approximate surface area is 136 Å². The molecule has 1 aromatic carbocycles. The monoisotopic (exact) mass is 364 g/mol. The molecule has 1 aliphatic heterocycles. The van der Waals surface area contributed by atoms with Crippen LogP contribution in [0.2, 0.25) is 0 Å². The maximum Gasteiger partial charge on any atom is 0.326 e. The zero-order chi connectivity index (χ0) is 15.9. The van der Waals surface area contributed by atoms with Gasteiger partial charge in [0.2, 0.25) is 5.91 Å². The van der Waals surface area contributed by atoms with Gasteiger partial charge in [0, 0.05) is 27.6 Å².